The van der Waals surface area contributed by atoms with Crippen molar-refractivity contribution in [1.82, 2.24) is 15.2 Å². The summed E-state index contributed by atoms with van der Waals surface area (Å²) in [5.41, 5.74) is 2.87. The second-order valence-electron chi connectivity index (χ2n) is 7.41. The summed E-state index contributed by atoms with van der Waals surface area (Å²) in [6.07, 6.45) is 3.06. The molecule has 1 saturated heterocycles. The average Bonchev–Trinajstić information content (AvgIpc) is 3.48. The molecule has 27 heavy (non-hydrogen) atoms. The molecule has 142 valence electrons. The summed E-state index contributed by atoms with van der Waals surface area (Å²) in [4.78, 5) is 14.0. The number of hydrogen-bond acceptors (Lipinski definition) is 3. The Bertz CT molecular complexity index is 780. The molecular weight excluding hydrogens is 334 g/mol. The molecule has 4 rings (SSSR count). The smallest absolute Gasteiger partial charge is 0.194 e. The number of aliphatic imine (C=N–C) groups is 1. The Kier molecular flexibility index (Phi) is 5.28. The topological polar surface area (TPSA) is 43.8 Å². The lowest BCUT2D eigenvalue weighted by Gasteiger charge is -2.37. The Morgan fingerprint density at radius 3 is 2.59 bits per heavy atom. The van der Waals surface area contributed by atoms with Crippen LogP contribution in [0.5, 0.6) is 0 Å². The van der Waals surface area contributed by atoms with E-state index in [1.807, 2.05) is 12.3 Å². The highest BCUT2D eigenvalue weighted by Gasteiger charge is 2.40. The zero-order chi connectivity index (χ0) is 18.6. The number of aryl methyl sites for hydroxylation is 1. The van der Waals surface area contributed by atoms with Gasteiger partial charge in [0.05, 0.1) is 0 Å². The first-order valence-electron chi connectivity index (χ1n) is 10.0. The lowest BCUT2D eigenvalue weighted by atomic mass is 10.0. The van der Waals surface area contributed by atoms with Gasteiger partial charge in [-0.1, -0.05) is 30.3 Å². The van der Waals surface area contributed by atoms with E-state index >= 15 is 0 Å². The van der Waals surface area contributed by atoms with E-state index in [0.717, 1.165) is 44.5 Å². The summed E-state index contributed by atoms with van der Waals surface area (Å²) < 4.78 is 0. The Hall–Kier alpha value is -2.56. The van der Waals surface area contributed by atoms with Crippen LogP contribution in [-0.4, -0.2) is 54.6 Å². The predicted molar refractivity (Wildman–Crippen MR) is 111 cm³/mol. The molecule has 1 aliphatic heterocycles. The van der Waals surface area contributed by atoms with Crippen molar-refractivity contribution in [3.63, 3.8) is 0 Å². The Morgan fingerprint density at radius 2 is 1.89 bits per heavy atom. The largest absolute Gasteiger partial charge is 0.353 e. The number of guanidine groups is 1. The molecule has 5 heteroatoms. The highest BCUT2D eigenvalue weighted by Crippen LogP contribution is 2.42. The van der Waals surface area contributed by atoms with Crippen molar-refractivity contribution < 1.29 is 0 Å². The lowest BCUT2D eigenvalue weighted by molar-refractivity contribution is 0.370. The SMILES string of the molecule is CCN=C(NC1CC1c1ccccc1C)N1CCN(c2ccccn2)CC1. The van der Waals surface area contributed by atoms with Crippen LogP contribution >= 0.6 is 0 Å². The van der Waals surface area contributed by atoms with E-state index in [2.05, 4.69) is 70.3 Å². The van der Waals surface area contributed by atoms with Gasteiger partial charge in [-0.25, -0.2) is 4.98 Å². The van der Waals surface area contributed by atoms with E-state index < -0.39 is 0 Å². The number of nitrogens with zero attached hydrogens (tertiary/aromatic N) is 4. The second-order valence-corrected chi connectivity index (χ2v) is 7.41. The summed E-state index contributed by atoms with van der Waals surface area (Å²) in [5.74, 6) is 2.75. The molecule has 5 nitrogen and oxygen atoms in total. The highest BCUT2D eigenvalue weighted by atomic mass is 15.4. The van der Waals surface area contributed by atoms with Gasteiger partial charge in [0.2, 0.25) is 0 Å². The van der Waals surface area contributed by atoms with E-state index in [9.17, 15) is 0 Å². The monoisotopic (exact) mass is 363 g/mol. The van der Waals surface area contributed by atoms with Gasteiger partial charge in [-0.15, -0.1) is 0 Å². The quantitative estimate of drug-likeness (QED) is 0.670. The van der Waals surface area contributed by atoms with Crippen LogP contribution in [0.15, 0.2) is 53.7 Å². The van der Waals surface area contributed by atoms with Crippen molar-refractivity contribution in [3.05, 3.63) is 59.8 Å². The van der Waals surface area contributed by atoms with Crippen molar-refractivity contribution in [3.8, 4) is 0 Å². The van der Waals surface area contributed by atoms with Crippen LogP contribution < -0.4 is 10.2 Å². The van der Waals surface area contributed by atoms with Gasteiger partial charge in [-0.2, -0.15) is 0 Å². The predicted octanol–water partition coefficient (Wildman–Crippen LogP) is 3.03. The van der Waals surface area contributed by atoms with E-state index in [1.165, 1.54) is 17.5 Å². The summed E-state index contributed by atoms with van der Waals surface area (Å²) >= 11 is 0. The molecule has 0 amide bonds. The maximum absolute atomic E-state index is 4.77. The van der Waals surface area contributed by atoms with Gasteiger partial charge in [0.15, 0.2) is 5.96 Å². The molecule has 1 saturated carbocycles. The van der Waals surface area contributed by atoms with Gasteiger partial charge in [-0.3, -0.25) is 4.99 Å². The average molecular weight is 364 g/mol. The fraction of sp³-hybridized carbons (Fsp3) is 0.455. The third kappa shape index (κ3) is 4.07. The van der Waals surface area contributed by atoms with Crippen molar-refractivity contribution in [2.75, 3.05) is 37.6 Å². The molecule has 0 spiro atoms. The van der Waals surface area contributed by atoms with E-state index in [4.69, 9.17) is 4.99 Å². The van der Waals surface area contributed by atoms with Crippen LogP contribution in [0.1, 0.15) is 30.4 Å². The van der Waals surface area contributed by atoms with Crippen molar-refractivity contribution in [2.45, 2.75) is 32.2 Å². The second kappa shape index (κ2) is 7.99. The molecule has 1 aliphatic carbocycles. The van der Waals surface area contributed by atoms with Crippen LogP contribution in [0.2, 0.25) is 0 Å². The van der Waals surface area contributed by atoms with Crippen LogP contribution in [0.25, 0.3) is 0 Å². The Morgan fingerprint density at radius 1 is 1.11 bits per heavy atom. The number of anilines is 1. The van der Waals surface area contributed by atoms with Crippen molar-refractivity contribution in [2.24, 2.45) is 4.99 Å². The van der Waals surface area contributed by atoms with Crippen molar-refractivity contribution >= 4 is 11.8 Å². The fourth-order valence-corrected chi connectivity index (χ4v) is 3.94. The molecule has 1 N–H and O–H groups in total. The first-order chi connectivity index (χ1) is 13.3. The van der Waals surface area contributed by atoms with Gasteiger partial charge >= 0.3 is 0 Å². The number of nitrogens with one attached hydrogen (secondary N) is 1. The number of piperazine rings is 1. The Labute approximate surface area is 162 Å². The normalized spacial score (nSPS) is 22.7. The van der Waals surface area contributed by atoms with Crippen molar-refractivity contribution in [1.29, 1.82) is 0 Å². The van der Waals surface area contributed by atoms with E-state index in [-0.39, 0.29) is 0 Å². The third-order valence-electron chi connectivity index (χ3n) is 5.55. The minimum Gasteiger partial charge on any atom is -0.353 e. The third-order valence-corrected chi connectivity index (χ3v) is 5.55. The summed E-state index contributed by atoms with van der Waals surface area (Å²) in [6, 6.07) is 15.4. The molecular formula is C22H29N5. The minimum atomic E-state index is 0.505. The zero-order valence-corrected chi connectivity index (χ0v) is 16.3. The van der Waals surface area contributed by atoms with Gasteiger partial charge in [0.25, 0.3) is 0 Å². The van der Waals surface area contributed by atoms with Crippen LogP contribution in [-0.2, 0) is 0 Å². The lowest BCUT2D eigenvalue weighted by Crippen LogP contribution is -2.53. The van der Waals surface area contributed by atoms with E-state index in [0.29, 0.717) is 12.0 Å². The number of benzene rings is 1. The molecule has 0 bridgehead atoms. The Balaban J connectivity index is 1.36. The van der Waals surface area contributed by atoms with Gasteiger partial charge in [-0.05, 0) is 43.5 Å². The summed E-state index contributed by atoms with van der Waals surface area (Å²) in [5, 5.41) is 3.73. The first kappa shape index (κ1) is 17.8. The number of rotatable bonds is 4. The highest BCUT2D eigenvalue weighted by molar-refractivity contribution is 5.81. The first-order valence-corrected chi connectivity index (χ1v) is 10.0. The van der Waals surface area contributed by atoms with Crippen LogP contribution in [0, 0.1) is 6.92 Å². The molecule has 2 aromatic rings. The fourth-order valence-electron chi connectivity index (χ4n) is 3.94. The molecule has 1 aromatic heterocycles. The number of pyridine rings is 1. The molecule has 2 heterocycles. The van der Waals surface area contributed by atoms with Gasteiger partial charge < -0.3 is 15.1 Å². The molecule has 2 fully saturated rings. The molecule has 2 aliphatic rings. The van der Waals surface area contributed by atoms with E-state index in [1.54, 1.807) is 0 Å². The maximum atomic E-state index is 4.77. The van der Waals surface area contributed by atoms with Crippen LogP contribution in [0.4, 0.5) is 5.82 Å². The van der Waals surface area contributed by atoms with Crippen LogP contribution in [0.3, 0.4) is 0 Å². The summed E-state index contributed by atoms with van der Waals surface area (Å²) in [6.45, 7) is 9.04. The standard InChI is InChI=1S/C22H29N5/c1-3-23-22(25-20-16-19(20)18-9-5-4-8-17(18)2)27-14-12-26(13-15-27)21-10-6-7-11-24-21/h4-11,19-20H,3,12-16H2,1-2H3,(H,23,25). The zero-order valence-electron chi connectivity index (χ0n) is 16.3. The maximum Gasteiger partial charge on any atom is 0.194 e. The number of aromatic nitrogens is 1. The van der Waals surface area contributed by atoms with Gasteiger partial charge in [0.1, 0.15) is 5.82 Å². The molecule has 1 aromatic carbocycles. The molecule has 2 unspecified atom stereocenters. The molecule has 2 atom stereocenters. The minimum absolute atomic E-state index is 0.505. The molecule has 0 radical (unpaired) electrons. The number of hydrogen-bond donors (Lipinski definition) is 1. The summed E-state index contributed by atoms with van der Waals surface area (Å²) in [7, 11) is 0. The van der Waals surface area contributed by atoms with Gasteiger partial charge in [0, 0.05) is 50.9 Å².